The van der Waals surface area contributed by atoms with E-state index in [-0.39, 0.29) is 4.91 Å². The van der Waals surface area contributed by atoms with Gasteiger partial charge in [-0.15, -0.1) is 12.6 Å². The predicted octanol–water partition coefficient (Wildman–Crippen LogP) is 0.192. The Bertz CT molecular complexity index is 136. The van der Waals surface area contributed by atoms with Crippen molar-refractivity contribution < 1.29 is 9.53 Å². The molecule has 0 heterocycles. The van der Waals surface area contributed by atoms with Gasteiger partial charge in [-0.1, -0.05) is 6.58 Å². The minimum atomic E-state index is -0.460. The molecule has 0 aliphatic heterocycles. The molecule has 0 atom stereocenters. The fourth-order valence-corrected chi connectivity index (χ4v) is 0.394. The van der Waals surface area contributed by atoms with Gasteiger partial charge in [-0.2, -0.15) is 0 Å². The van der Waals surface area contributed by atoms with Crippen molar-refractivity contribution in [1.82, 2.24) is 5.32 Å². The van der Waals surface area contributed by atoms with E-state index in [0.717, 1.165) is 0 Å². The highest BCUT2D eigenvalue weighted by atomic mass is 32.1. The monoisotopic (exact) mass is 161 g/mol. The van der Waals surface area contributed by atoms with Gasteiger partial charge >= 0.3 is 5.97 Å². The van der Waals surface area contributed by atoms with Crippen molar-refractivity contribution in [1.29, 1.82) is 0 Å². The molecule has 0 spiro atoms. The lowest BCUT2D eigenvalue weighted by Gasteiger charge is -2.01. The third kappa shape index (κ3) is 4.40. The summed E-state index contributed by atoms with van der Waals surface area (Å²) in [4.78, 5) is 10.7. The summed E-state index contributed by atoms with van der Waals surface area (Å²) in [7, 11) is 1.78. The van der Waals surface area contributed by atoms with Crippen molar-refractivity contribution in [3.8, 4) is 0 Å². The van der Waals surface area contributed by atoms with Crippen LogP contribution >= 0.6 is 12.6 Å². The van der Waals surface area contributed by atoms with Gasteiger partial charge in [0.05, 0.1) is 4.91 Å². The van der Waals surface area contributed by atoms with E-state index in [0.29, 0.717) is 13.2 Å². The highest BCUT2D eigenvalue weighted by molar-refractivity contribution is 7.85. The van der Waals surface area contributed by atoms with E-state index in [4.69, 9.17) is 0 Å². The van der Waals surface area contributed by atoms with Crippen LogP contribution in [0.15, 0.2) is 11.5 Å². The molecule has 0 aliphatic carbocycles. The predicted molar refractivity (Wildman–Crippen MR) is 43.0 cm³/mol. The standard InChI is InChI=1S/C6H11NO2S/c1-5(10)6(8)9-4-3-7-2/h7,10H,1,3-4H2,2H3. The molecule has 0 amide bonds. The third-order valence-electron chi connectivity index (χ3n) is 0.821. The average Bonchev–Trinajstić information content (AvgIpc) is 1.88. The number of hydrogen-bond acceptors (Lipinski definition) is 4. The van der Waals surface area contributed by atoms with Gasteiger partial charge in [0.1, 0.15) is 6.61 Å². The molecule has 0 unspecified atom stereocenters. The van der Waals surface area contributed by atoms with Crippen LogP contribution in [0.25, 0.3) is 0 Å². The Hall–Kier alpha value is -0.480. The summed E-state index contributed by atoms with van der Waals surface area (Å²) in [5.41, 5.74) is 0. The van der Waals surface area contributed by atoms with Gasteiger partial charge in [0.2, 0.25) is 0 Å². The van der Waals surface area contributed by atoms with E-state index in [9.17, 15) is 4.79 Å². The number of ether oxygens (including phenoxy) is 1. The lowest BCUT2D eigenvalue weighted by atomic mass is 10.6. The highest BCUT2D eigenvalue weighted by Gasteiger charge is 2.01. The summed E-state index contributed by atoms with van der Waals surface area (Å²) < 4.78 is 4.67. The molecule has 3 nitrogen and oxygen atoms in total. The van der Waals surface area contributed by atoms with E-state index in [1.54, 1.807) is 7.05 Å². The molecular weight excluding hydrogens is 150 g/mol. The molecule has 4 heteroatoms. The molecule has 0 bridgehead atoms. The number of thiol groups is 1. The van der Waals surface area contributed by atoms with Gasteiger partial charge in [-0.3, -0.25) is 0 Å². The molecule has 1 N–H and O–H groups in total. The summed E-state index contributed by atoms with van der Waals surface area (Å²) in [6, 6.07) is 0. The second-order valence-electron chi connectivity index (χ2n) is 1.69. The van der Waals surface area contributed by atoms with E-state index in [1.807, 2.05) is 0 Å². The van der Waals surface area contributed by atoms with Crippen molar-refractivity contribution >= 4 is 18.6 Å². The zero-order valence-corrected chi connectivity index (χ0v) is 6.78. The minimum Gasteiger partial charge on any atom is -0.460 e. The highest BCUT2D eigenvalue weighted by Crippen LogP contribution is 1.97. The summed E-state index contributed by atoms with van der Waals surface area (Å²) in [6.45, 7) is 4.30. The number of carbonyl (C=O) groups excluding carboxylic acids is 1. The molecule has 0 aromatic heterocycles. The minimum absolute atomic E-state index is 0.135. The number of esters is 1. The van der Waals surface area contributed by atoms with Crippen LogP contribution in [0.5, 0.6) is 0 Å². The number of carbonyl (C=O) groups is 1. The molecule has 58 valence electrons. The van der Waals surface area contributed by atoms with Crippen LogP contribution in [-0.4, -0.2) is 26.2 Å². The fraction of sp³-hybridized carbons (Fsp3) is 0.500. The first-order valence-electron chi connectivity index (χ1n) is 2.88. The molecule has 0 aromatic carbocycles. The van der Waals surface area contributed by atoms with Crippen LogP contribution in [0.3, 0.4) is 0 Å². The van der Waals surface area contributed by atoms with Crippen molar-refractivity contribution in [3.63, 3.8) is 0 Å². The number of rotatable bonds is 4. The van der Waals surface area contributed by atoms with Crippen molar-refractivity contribution in [2.45, 2.75) is 0 Å². The van der Waals surface area contributed by atoms with E-state index >= 15 is 0 Å². The van der Waals surface area contributed by atoms with Crippen molar-refractivity contribution in [3.05, 3.63) is 11.5 Å². The molecule has 0 saturated carbocycles. The SMILES string of the molecule is C=C(S)C(=O)OCCNC. The second kappa shape index (κ2) is 5.32. The van der Waals surface area contributed by atoms with Crippen LogP contribution in [0.1, 0.15) is 0 Å². The van der Waals surface area contributed by atoms with Gasteiger partial charge in [0.15, 0.2) is 0 Å². The molecule has 0 rings (SSSR count). The second-order valence-corrected chi connectivity index (χ2v) is 2.23. The normalized spacial score (nSPS) is 9.00. The van der Waals surface area contributed by atoms with Gasteiger partial charge in [0, 0.05) is 6.54 Å². The van der Waals surface area contributed by atoms with E-state index in [1.165, 1.54) is 0 Å². The Morgan fingerprint density at radius 2 is 2.40 bits per heavy atom. The summed E-state index contributed by atoms with van der Waals surface area (Å²) >= 11 is 3.71. The quantitative estimate of drug-likeness (QED) is 0.267. The largest absolute Gasteiger partial charge is 0.460 e. The Morgan fingerprint density at radius 3 is 2.80 bits per heavy atom. The lowest BCUT2D eigenvalue weighted by molar-refractivity contribution is -0.137. The fourth-order valence-electron chi connectivity index (χ4n) is 0.329. The van der Waals surface area contributed by atoms with Crippen LogP contribution in [0, 0.1) is 0 Å². The van der Waals surface area contributed by atoms with Crippen molar-refractivity contribution in [2.24, 2.45) is 0 Å². The van der Waals surface area contributed by atoms with Gasteiger partial charge in [0.25, 0.3) is 0 Å². The first-order valence-corrected chi connectivity index (χ1v) is 3.32. The van der Waals surface area contributed by atoms with Crippen LogP contribution in [0.2, 0.25) is 0 Å². The lowest BCUT2D eigenvalue weighted by Crippen LogP contribution is -2.17. The maximum Gasteiger partial charge on any atom is 0.343 e. The maximum absolute atomic E-state index is 10.6. The summed E-state index contributed by atoms with van der Waals surface area (Å²) in [5, 5.41) is 2.83. The topological polar surface area (TPSA) is 38.3 Å². The van der Waals surface area contributed by atoms with Gasteiger partial charge in [-0.25, -0.2) is 4.79 Å². The average molecular weight is 161 g/mol. The number of likely N-dealkylation sites (N-methyl/N-ethyl adjacent to an activating group) is 1. The number of nitrogens with one attached hydrogen (secondary N) is 1. The first kappa shape index (κ1) is 9.52. The van der Waals surface area contributed by atoms with Crippen LogP contribution < -0.4 is 5.32 Å². The summed E-state index contributed by atoms with van der Waals surface area (Å²) in [6.07, 6.45) is 0. The van der Waals surface area contributed by atoms with Crippen LogP contribution in [-0.2, 0) is 9.53 Å². The molecule has 0 aliphatic rings. The number of hydrogen-bond donors (Lipinski definition) is 2. The smallest absolute Gasteiger partial charge is 0.343 e. The molecule has 0 fully saturated rings. The Labute approximate surface area is 65.9 Å². The molecule has 0 saturated heterocycles. The molecular formula is C6H11NO2S. The maximum atomic E-state index is 10.6. The zero-order chi connectivity index (χ0) is 7.98. The van der Waals surface area contributed by atoms with E-state index in [2.05, 4.69) is 29.3 Å². The van der Waals surface area contributed by atoms with E-state index < -0.39 is 5.97 Å². The van der Waals surface area contributed by atoms with Crippen LogP contribution in [0.4, 0.5) is 0 Å². The zero-order valence-electron chi connectivity index (χ0n) is 5.89. The molecule has 0 aromatic rings. The van der Waals surface area contributed by atoms with Gasteiger partial charge < -0.3 is 10.1 Å². The Kier molecular flexibility index (Phi) is 5.06. The Balaban J connectivity index is 3.31. The molecule has 0 radical (unpaired) electrons. The molecule has 10 heavy (non-hydrogen) atoms. The summed E-state index contributed by atoms with van der Waals surface area (Å²) in [5.74, 6) is -0.460. The first-order chi connectivity index (χ1) is 4.68. The van der Waals surface area contributed by atoms with Crippen molar-refractivity contribution in [2.75, 3.05) is 20.2 Å². The van der Waals surface area contributed by atoms with Gasteiger partial charge in [-0.05, 0) is 7.05 Å². The Morgan fingerprint density at radius 1 is 1.80 bits per heavy atom. The third-order valence-corrected chi connectivity index (χ3v) is 1.00.